The summed E-state index contributed by atoms with van der Waals surface area (Å²) in [4.78, 5) is 49.8. The van der Waals surface area contributed by atoms with Crippen molar-refractivity contribution in [1.82, 2.24) is 9.80 Å². The summed E-state index contributed by atoms with van der Waals surface area (Å²) in [7, 11) is 0. The van der Waals surface area contributed by atoms with Crippen LogP contribution in [0.4, 0.5) is 0 Å². The van der Waals surface area contributed by atoms with Crippen LogP contribution in [0.15, 0.2) is 0 Å². The SMILES string of the molecule is C#COC(=O)CN(CCOCCOCCN(CC(=O)OCC)CC(=O)OCC)CC(=O)OCC. The van der Waals surface area contributed by atoms with Crippen molar-refractivity contribution < 1.29 is 47.6 Å². The third-order valence-electron chi connectivity index (χ3n) is 3.98. The fourth-order valence-electron chi connectivity index (χ4n) is 2.59. The zero-order valence-electron chi connectivity index (χ0n) is 20.2. The number of carbonyl (C=O) groups is 4. The molecule has 0 spiro atoms. The number of esters is 4. The molecular weight excluding hydrogens is 452 g/mol. The van der Waals surface area contributed by atoms with E-state index in [0.717, 1.165) is 0 Å². The lowest BCUT2D eigenvalue weighted by molar-refractivity contribution is -0.149. The highest BCUT2D eigenvalue weighted by Crippen LogP contribution is 1.96. The lowest BCUT2D eigenvalue weighted by Crippen LogP contribution is -2.38. The van der Waals surface area contributed by atoms with Crippen LogP contribution in [-0.2, 0) is 47.6 Å². The van der Waals surface area contributed by atoms with Gasteiger partial charge in [0.2, 0.25) is 0 Å². The maximum atomic E-state index is 11.7. The Hall–Kier alpha value is -2.72. The molecule has 12 heteroatoms. The van der Waals surface area contributed by atoms with Gasteiger partial charge in [-0.2, -0.15) is 0 Å². The molecule has 0 unspecified atom stereocenters. The van der Waals surface area contributed by atoms with Gasteiger partial charge in [-0.05, 0) is 20.8 Å². The molecule has 0 aliphatic heterocycles. The van der Waals surface area contributed by atoms with E-state index in [0.29, 0.717) is 6.54 Å². The number of terminal acetylenes is 1. The zero-order valence-corrected chi connectivity index (χ0v) is 20.2. The van der Waals surface area contributed by atoms with Crippen molar-refractivity contribution in [1.29, 1.82) is 0 Å². The number of hydrogen-bond acceptors (Lipinski definition) is 12. The minimum absolute atomic E-state index is 0.0507. The first kappa shape index (κ1) is 31.3. The maximum Gasteiger partial charge on any atom is 0.334 e. The van der Waals surface area contributed by atoms with E-state index in [1.165, 1.54) is 4.90 Å². The average Bonchev–Trinajstić information content (AvgIpc) is 2.75. The molecule has 0 atom stereocenters. The molecule has 0 rings (SSSR count). The van der Waals surface area contributed by atoms with Crippen molar-refractivity contribution in [2.75, 3.05) is 85.5 Å². The van der Waals surface area contributed by atoms with Gasteiger partial charge >= 0.3 is 23.9 Å². The molecule has 0 aliphatic carbocycles. The smallest absolute Gasteiger partial charge is 0.334 e. The predicted octanol–water partition coefficient (Wildman–Crippen LogP) is -0.553. The van der Waals surface area contributed by atoms with Gasteiger partial charge in [-0.1, -0.05) is 6.42 Å². The Balaban J connectivity index is 4.26. The highest BCUT2D eigenvalue weighted by molar-refractivity contribution is 5.76. The van der Waals surface area contributed by atoms with E-state index in [9.17, 15) is 19.2 Å². The normalized spacial score (nSPS) is 10.6. The van der Waals surface area contributed by atoms with Gasteiger partial charge in [0.1, 0.15) is 6.11 Å². The number of nitrogens with zero attached hydrogens (tertiary/aromatic N) is 2. The zero-order chi connectivity index (χ0) is 25.6. The molecular formula is C22H36N2O10. The van der Waals surface area contributed by atoms with Gasteiger partial charge < -0.3 is 28.4 Å². The molecule has 0 fully saturated rings. The summed E-state index contributed by atoms with van der Waals surface area (Å²) in [6.07, 6.45) is 6.73. The summed E-state index contributed by atoms with van der Waals surface area (Å²) < 4.78 is 30.1. The van der Waals surface area contributed by atoms with Crippen LogP contribution < -0.4 is 0 Å². The van der Waals surface area contributed by atoms with Gasteiger partial charge in [0.25, 0.3) is 0 Å². The number of rotatable bonds is 20. The van der Waals surface area contributed by atoms with Crippen LogP contribution >= 0.6 is 0 Å². The Labute approximate surface area is 200 Å². The topological polar surface area (TPSA) is 130 Å². The molecule has 0 aromatic rings. The van der Waals surface area contributed by atoms with Crippen molar-refractivity contribution in [3.63, 3.8) is 0 Å². The molecule has 0 aliphatic rings. The summed E-state index contributed by atoms with van der Waals surface area (Å²) in [5.74, 6) is -2.01. The minimum atomic E-state index is -0.662. The minimum Gasteiger partial charge on any atom is -0.465 e. The fourth-order valence-corrected chi connectivity index (χ4v) is 2.59. The third-order valence-corrected chi connectivity index (χ3v) is 3.98. The van der Waals surface area contributed by atoms with Crippen LogP contribution in [0.2, 0.25) is 0 Å². The first-order chi connectivity index (χ1) is 16.4. The second-order valence-electron chi connectivity index (χ2n) is 6.65. The molecule has 0 amide bonds. The van der Waals surface area contributed by atoms with Crippen LogP contribution in [-0.4, -0.2) is 119 Å². The Bertz CT molecular complexity index is 630. The monoisotopic (exact) mass is 488 g/mol. The molecule has 194 valence electrons. The lowest BCUT2D eigenvalue weighted by Gasteiger charge is -2.20. The van der Waals surface area contributed by atoms with Gasteiger partial charge in [0.05, 0.1) is 72.4 Å². The second kappa shape index (κ2) is 20.9. The highest BCUT2D eigenvalue weighted by atomic mass is 16.5. The van der Waals surface area contributed by atoms with Gasteiger partial charge in [0.15, 0.2) is 0 Å². The van der Waals surface area contributed by atoms with Crippen molar-refractivity contribution in [2.24, 2.45) is 0 Å². The highest BCUT2D eigenvalue weighted by Gasteiger charge is 2.17. The predicted molar refractivity (Wildman–Crippen MR) is 119 cm³/mol. The lowest BCUT2D eigenvalue weighted by atomic mass is 10.4. The average molecular weight is 489 g/mol. The van der Waals surface area contributed by atoms with E-state index in [1.807, 2.05) is 0 Å². The van der Waals surface area contributed by atoms with Crippen molar-refractivity contribution in [2.45, 2.75) is 20.8 Å². The summed E-state index contributed by atoms with van der Waals surface area (Å²) in [5.41, 5.74) is 0. The van der Waals surface area contributed by atoms with E-state index in [1.54, 1.807) is 31.8 Å². The van der Waals surface area contributed by atoms with Crippen LogP contribution in [0, 0.1) is 12.5 Å². The fraction of sp³-hybridized carbons (Fsp3) is 0.727. The third kappa shape index (κ3) is 17.8. The van der Waals surface area contributed by atoms with Crippen LogP contribution in [0.3, 0.4) is 0 Å². The Morgan fingerprint density at radius 2 is 0.971 bits per heavy atom. The molecule has 0 saturated carbocycles. The van der Waals surface area contributed by atoms with Gasteiger partial charge in [0, 0.05) is 13.1 Å². The molecule has 0 aromatic carbocycles. The van der Waals surface area contributed by atoms with E-state index >= 15 is 0 Å². The number of ether oxygens (including phenoxy) is 6. The number of hydrogen-bond donors (Lipinski definition) is 0. The maximum absolute atomic E-state index is 11.7. The van der Waals surface area contributed by atoms with E-state index in [4.69, 9.17) is 30.1 Å². The summed E-state index contributed by atoms with van der Waals surface area (Å²) in [6, 6.07) is 0. The number of carbonyl (C=O) groups excluding carboxylic acids is 4. The molecule has 0 radical (unpaired) electrons. The first-order valence-corrected chi connectivity index (χ1v) is 11.1. The standard InChI is InChI=1S/C22H36N2O10/c1-5-31-19(25)15-23(16-20(26)32-6-2)9-11-29-13-14-30-12-10-24(17-21(27)33-7-3)18-22(28)34-8-4/h1H,6-18H2,2-4H3. The van der Waals surface area contributed by atoms with E-state index in [2.05, 4.69) is 4.74 Å². The molecule has 34 heavy (non-hydrogen) atoms. The molecule has 0 saturated heterocycles. The van der Waals surface area contributed by atoms with Crippen molar-refractivity contribution in [3.8, 4) is 12.5 Å². The Morgan fingerprint density at radius 3 is 1.29 bits per heavy atom. The molecule has 0 bridgehead atoms. The van der Waals surface area contributed by atoms with Crippen molar-refractivity contribution >= 4 is 23.9 Å². The Kier molecular flexibility index (Phi) is 19.2. The first-order valence-electron chi connectivity index (χ1n) is 11.1. The van der Waals surface area contributed by atoms with E-state index < -0.39 is 23.9 Å². The molecule has 0 heterocycles. The van der Waals surface area contributed by atoms with Gasteiger partial charge in [-0.15, -0.1) is 0 Å². The summed E-state index contributed by atoms with van der Waals surface area (Å²) in [6.45, 7) is 7.04. The summed E-state index contributed by atoms with van der Waals surface area (Å²) >= 11 is 0. The summed E-state index contributed by atoms with van der Waals surface area (Å²) in [5, 5.41) is 0. The van der Waals surface area contributed by atoms with Crippen LogP contribution in [0.25, 0.3) is 0 Å². The Morgan fingerprint density at radius 1 is 0.618 bits per heavy atom. The quantitative estimate of drug-likeness (QED) is 0.0943. The molecule has 12 nitrogen and oxygen atoms in total. The van der Waals surface area contributed by atoms with Gasteiger partial charge in [-0.3, -0.25) is 24.2 Å². The largest absolute Gasteiger partial charge is 0.465 e. The van der Waals surface area contributed by atoms with Crippen LogP contribution in [0.5, 0.6) is 0 Å². The van der Waals surface area contributed by atoms with Crippen molar-refractivity contribution in [3.05, 3.63) is 0 Å². The second-order valence-corrected chi connectivity index (χ2v) is 6.65. The van der Waals surface area contributed by atoms with Crippen LogP contribution in [0.1, 0.15) is 20.8 Å². The molecule has 0 aromatic heterocycles. The van der Waals surface area contributed by atoms with Gasteiger partial charge in [-0.25, -0.2) is 4.79 Å². The van der Waals surface area contributed by atoms with E-state index in [-0.39, 0.29) is 79.0 Å². The molecule has 0 N–H and O–H groups in total.